The van der Waals surface area contributed by atoms with E-state index in [9.17, 15) is 14.4 Å². The van der Waals surface area contributed by atoms with Gasteiger partial charge in [0.1, 0.15) is 0 Å². The van der Waals surface area contributed by atoms with Gasteiger partial charge in [0, 0.05) is 17.1 Å². The van der Waals surface area contributed by atoms with Crippen molar-refractivity contribution in [2.24, 2.45) is 0 Å². The molecule has 3 aromatic rings. The number of carbonyl (C=O) groups is 3. The molecule has 8 heteroatoms. The highest BCUT2D eigenvalue weighted by Crippen LogP contribution is 2.17. The molecule has 0 bridgehead atoms. The molecule has 0 spiro atoms. The van der Waals surface area contributed by atoms with Gasteiger partial charge in [-0.1, -0.05) is 23.7 Å². The number of rotatable bonds is 5. The molecule has 3 rings (SSSR count). The van der Waals surface area contributed by atoms with Crippen molar-refractivity contribution < 1.29 is 19.1 Å². The summed E-state index contributed by atoms with van der Waals surface area (Å²) in [6.45, 7) is 3.45. The van der Waals surface area contributed by atoms with Crippen molar-refractivity contribution in [3.8, 4) is 5.69 Å². The number of nitrogens with one attached hydrogen (secondary N) is 2. The Balaban J connectivity index is 1.51. The molecular formula is C22H20ClN3O4. The van der Waals surface area contributed by atoms with Gasteiger partial charge in [-0.3, -0.25) is 20.4 Å². The first-order valence-corrected chi connectivity index (χ1v) is 9.51. The number of halogens is 1. The molecule has 0 saturated carbocycles. The molecule has 7 nitrogen and oxygen atoms in total. The first-order chi connectivity index (χ1) is 14.4. The molecule has 0 radical (unpaired) electrons. The van der Waals surface area contributed by atoms with Crippen LogP contribution in [0.5, 0.6) is 0 Å². The summed E-state index contributed by atoms with van der Waals surface area (Å²) in [7, 11) is 0. The zero-order valence-electron chi connectivity index (χ0n) is 16.4. The first kappa shape index (κ1) is 21.1. The molecule has 1 aromatic heterocycles. The van der Waals surface area contributed by atoms with Gasteiger partial charge in [0.15, 0.2) is 6.61 Å². The monoisotopic (exact) mass is 425 g/mol. The van der Waals surface area contributed by atoms with E-state index in [-0.39, 0.29) is 10.6 Å². The van der Waals surface area contributed by atoms with Crippen molar-refractivity contribution in [1.29, 1.82) is 0 Å². The Hall–Kier alpha value is -3.58. The number of nitrogens with zero attached hydrogens (tertiary/aromatic N) is 1. The molecule has 30 heavy (non-hydrogen) atoms. The number of ether oxygens (including phenoxy) is 1. The lowest BCUT2D eigenvalue weighted by Crippen LogP contribution is -2.43. The Labute approximate surface area is 178 Å². The summed E-state index contributed by atoms with van der Waals surface area (Å²) in [4.78, 5) is 36.0. The molecule has 1 heterocycles. The maximum absolute atomic E-state index is 12.2. The number of benzene rings is 2. The Bertz CT molecular complexity index is 1070. The van der Waals surface area contributed by atoms with E-state index in [2.05, 4.69) is 15.4 Å². The van der Waals surface area contributed by atoms with E-state index >= 15 is 0 Å². The van der Waals surface area contributed by atoms with E-state index in [1.165, 1.54) is 6.07 Å². The van der Waals surface area contributed by atoms with Gasteiger partial charge in [0.05, 0.1) is 16.1 Å². The number of hydrazine groups is 1. The van der Waals surface area contributed by atoms with Crippen molar-refractivity contribution in [2.75, 3.05) is 6.61 Å². The van der Waals surface area contributed by atoms with Crippen LogP contribution in [0.15, 0.2) is 60.7 Å². The third-order valence-corrected chi connectivity index (χ3v) is 4.73. The molecule has 0 aliphatic rings. The Morgan fingerprint density at radius 2 is 1.53 bits per heavy atom. The molecule has 2 amide bonds. The number of aryl methyl sites for hydroxylation is 2. The van der Waals surface area contributed by atoms with Gasteiger partial charge >= 0.3 is 5.97 Å². The van der Waals surface area contributed by atoms with E-state index < -0.39 is 24.4 Å². The molecule has 0 atom stereocenters. The molecule has 0 aliphatic heterocycles. The zero-order chi connectivity index (χ0) is 21.7. The lowest BCUT2D eigenvalue weighted by molar-refractivity contribution is -0.125. The van der Waals surface area contributed by atoms with Crippen LogP contribution in [0.4, 0.5) is 0 Å². The van der Waals surface area contributed by atoms with Crippen molar-refractivity contribution in [1.82, 2.24) is 15.4 Å². The van der Waals surface area contributed by atoms with Crippen molar-refractivity contribution in [3.63, 3.8) is 0 Å². The predicted octanol–water partition coefficient (Wildman–Crippen LogP) is 3.37. The fourth-order valence-electron chi connectivity index (χ4n) is 2.91. The van der Waals surface area contributed by atoms with Gasteiger partial charge < -0.3 is 9.30 Å². The second-order valence-electron chi connectivity index (χ2n) is 6.56. The summed E-state index contributed by atoms with van der Waals surface area (Å²) in [6, 6.07) is 17.3. The maximum Gasteiger partial charge on any atom is 0.338 e. The van der Waals surface area contributed by atoms with E-state index in [1.54, 1.807) is 42.5 Å². The normalized spacial score (nSPS) is 10.4. The molecule has 0 fully saturated rings. The summed E-state index contributed by atoms with van der Waals surface area (Å²) in [5.41, 5.74) is 8.01. The van der Waals surface area contributed by atoms with Crippen LogP contribution in [-0.2, 0) is 9.53 Å². The van der Waals surface area contributed by atoms with Crippen LogP contribution in [0.1, 0.15) is 32.1 Å². The molecule has 2 aromatic carbocycles. The summed E-state index contributed by atoms with van der Waals surface area (Å²) < 4.78 is 7.05. The number of amides is 2. The quantitative estimate of drug-likeness (QED) is 0.484. The summed E-state index contributed by atoms with van der Waals surface area (Å²) in [5.74, 6) is -1.90. The number of hydrogen-bond donors (Lipinski definition) is 2. The highest BCUT2D eigenvalue weighted by atomic mass is 35.5. The van der Waals surface area contributed by atoms with Crippen LogP contribution in [0, 0.1) is 13.8 Å². The summed E-state index contributed by atoms with van der Waals surface area (Å²) in [5, 5.41) is 0.254. The third-order valence-electron chi connectivity index (χ3n) is 4.40. The molecule has 0 unspecified atom stereocenters. The fraction of sp³-hybridized carbons (Fsp3) is 0.136. The highest BCUT2D eigenvalue weighted by molar-refractivity contribution is 6.33. The maximum atomic E-state index is 12.2. The van der Waals surface area contributed by atoms with Crippen LogP contribution in [0.25, 0.3) is 5.69 Å². The van der Waals surface area contributed by atoms with Crippen LogP contribution in [0.2, 0.25) is 5.02 Å². The number of aromatic nitrogens is 1. The minimum absolute atomic E-state index is 0.213. The van der Waals surface area contributed by atoms with Crippen molar-refractivity contribution >= 4 is 29.4 Å². The second-order valence-corrected chi connectivity index (χ2v) is 6.96. The third kappa shape index (κ3) is 4.87. The van der Waals surface area contributed by atoms with Crippen molar-refractivity contribution in [3.05, 3.63) is 88.2 Å². The van der Waals surface area contributed by atoms with Gasteiger partial charge in [-0.2, -0.15) is 0 Å². The molecule has 154 valence electrons. The van der Waals surface area contributed by atoms with Crippen LogP contribution in [-0.4, -0.2) is 29.0 Å². The predicted molar refractivity (Wildman–Crippen MR) is 113 cm³/mol. The van der Waals surface area contributed by atoms with E-state index in [0.717, 1.165) is 17.1 Å². The standard InChI is InChI=1S/C22H20ClN3O4/c1-14-7-8-15(2)26(14)17-11-9-16(10-12-17)22(29)30-13-20(27)24-25-21(28)18-5-3-4-6-19(18)23/h3-12H,13H2,1-2H3,(H,24,27)(H,25,28). The number of esters is 1. The first-order valence-electron chi connectivity index (χ1n) is 9.13. The summed E-state index contributed by atoms with van der Waals surface area (Å²) in [6.07, 6.45) is 0. The lowest BCUT2D eigenvalue weighted by atomic mass is 10.2. The minimum atomic E-state index is -0.682. The van der Waals surface area contributed by atoms with Gasteiger partial charge in [0.25, 0.3) is 11.8 Å². The number of hydrogen-bond acceptors (Lipinski definition) is 4. The van der Waals surface area contributed by atoms with Gasteiger partial charge in [-0.15, -0.1) is 0 Å². The van der Waals surface area contributed by atoms with E-state index in [1.807, 2.05) is 26.0 Å². The van der Waals surface area contributed by atoms with E-state index in [0.29, 0.717) is 5.56 Å². The highest BCUT2D eigenvalue weighted by Gasteiger charge is 2.13. The average molecular weight is 426 g/mol. The molecule has 0 aliphatic carbocycles. The van der Waals surface area contributed by atoms with Crippen LogP contribution < -0.4 is 10.9 Å². The Morgan fingerprint density at radius 1 is 0.900 bits per heavy atom. The van der Waals surface area contributed by atoms with E-state index in [4.69, 9.17) is 16.3 Å². The Morgan fingerprint density at radius 3 is 2.17 bits per heavy atom. The average Bonchev–Trinajstić information content (AvgIpc) is 3.08. The second kappa shape index (κ2) is 9.28. The van der Waals surface area contributed by atoms with Gasteiger partial charge in [-0.05, 0) is 62.4 Å². The SMILES string of the molecule is Cc1ccc(C)n1-c1ccc(C(=O)OCC(=O)NNC(=O)c2ccccc2Cl)cc1. The number of carbonyl (C=O) groups excluding carboxylic acids is 3. The topological polar surface area (TPSA) is 89.4 Å². The fourth-order valence-corrected chi connectivity index (χ4v) is 3.13. The Kier molecular flexibility index (Phi) is 6.54. The molecule has 2 N–H and O–H groups in total. The molecular weight excluding hydrogens is 406 g/mol. The van der Waals surface area contributed by atoms with Crippen LogP contribution >= 0.6 is 11.6 Å². The smallest absolute Gasteiger partial charge is 0.338 e. The summed E-state index contributed by atoms with van der Waals surface area (Å²) >= 11 is 5.92. The largest absolute Gasteiger partial charge is 0.452 e. The van der Waals surface area contributed by atoms with Gasteiger partial charge in [0.2, 0.25) is 0 Å². The minimum Gasteiger partial charge on any atom is -0.452 e. The zero-order valence-corrected chi connectivity index (χ0v) is 17.2. The van der Waals surface area contributed by atoms with Crippen LogP contribution in [0.3, 0.4) is 0 Å². The van der Waals surface area contributed by atoms with Gasteiger partial charge in [-0.25, -0.2) is 4.79 Å². The lowest BCUT2D eigenvalue weighted by Gasteiger charge is -2.11. The molecule has 0 saturated heterocycles. The van der Waals surface area contributed by atoms with Crippen molar-refractivity contribution in [2.45, 2.75) is 13.8 Å².